The van der Waals surface area contributed by atoms with Gasteiger partial charge in [0.05, 0.1) is 17.3 Å². The van der Waals surface area contributed by atoms with Crippen molar-refractivity contribution < 1.29 is 19.2 Å². The molecule has 3 rings (SSSR count). The molecule has 1 aliphatic rings. The second-order valence-electron chi connectivity index (χ2n) is 6.40. The first kappa shape index (κ1) is 19.6. The summed E-state index contributed by atoms with van der Waals surface area (Å²) in [6.45, 7) is 1.59. The number of anilines is 2. The van der Waals surface area contributed by atoms with Crippen LogP contribution in [0.2, 0.25) is 5.02 Å². The zero-order chi connectivity index (χ0) is 20.3. The van der Waals surface area contributed by atoms with Crippen LogP contribution in [-0.2, 0) is 20.9 Å². The Bertz CT molecular complexity index is 940. The number of hydrogen-bond acceptors (Lipinski definition) is 4. The van der Waals surface area contributed by atoms with Gasteiger partial charge in [-0.05, 0) is 35.9 Å². The second kappa shape index (κ2) is 8.22. The molecule has 1 saturated heterocycles. The van der Waals surface area contributed by atoms with Crippen LogP contribution >= 0.6 is 11.6 Å². The standard InChI is InChI=1S/C20H18ClN3O4/c1-12(25)22-17-7-6-15(10-16(17)21)23-20(28)14-4-2-13(3-5-14)11-24-18(26)8-9-19(24)27/h2-7,10H,8-9,11H2,1H3,(H,22,25)(H,23,28). The van der Waals surface area contributed by atoms with Gasteiger partial charge < -0.3 is 10.6 Å². The van der Waals surface area contributed by atoms with Crippen molar-refractivity contribution in [2.45, 2.75) is 26.3 Å². The molecule has 28 heavy (non-hydrogen) atoms. The Morgan fingerprint density at radius 2 is 1.64 bits per heavy atom. The number of likely N-dealkylation sites (tertiary alicyclic amines) is 1. The number of carbonyl (C=O) groups excluding carboxylic acids is 4. The predicted octanol–water partition coefficient (Wildman–Crippen LogP) is 3.20. The monoisotopic (exact) mass is 399 g/mol. The fourth-order valence-electron chi connectivity index (χ4n) is 2.83. The highest BCUT2D eigenvalue weighted by atomic mass is 35.5. The molecule has 0 aromatic heterocycles. The van der Waals surface area contributed by atoms with Gasteiger partial charge in [-0.25, -0.2) is 0 Å². The smallest absolute Gasteiger partial charge is 0.255 e. The number of halogens is 1. The average molecular weight is 400 g/mol. The molecule has 1 heterocycles. The number of carbonyl (C=O) groups is 4. The summed E-state index contributed by atoms with van der Waals surface area (Å²) >= 11 is 6.10. The van der Waals surface area contributed by atoms with E-state index < -0.39 is 0 Å². The summed E-state index contributed by atoms with van der Waals surface area (Å²) in [6, 6.07) is 11.5. The van der Waals surface area contributed by atoms with Crippen LogP contribution in [0, 0.1) is 0 Å². The Hall–Kier alpha value is -3.19. The topological polar surface area (TPSA) is 95.6 Å². The lowest BCUT2D eigenvalue weighted by Gasteiger charge is -2.14. The third-order valence-electron chi connectivity index (χ3n) is 4.25. The number of nitrogens with zero attached hydrogens (tertiary/aromatic N) is 1. The summed E-state index contributed by atoms with van der Waals surface area (Å²) in [5.41, 5.74) is 2.14. The van der Waals surface area contributed by atoms with Gasteiger partial charge in [0.25, 0.3) is 5.91 Å². The normalized spacial score (nSPS) is 13.6. The van der Waals surface area contributed by atoms with Crippen LogP contribution in [0.5, 0.6) is 0 Å². The highest BCUT2D eigenvalue weighted by Gasteiger charge is 2.28. The summed E-state index contributed by atoms with van der Waals surface area (Å²) in [5, 5.41) is 5.63. The minimum absolute atomic E-state index is 0.175. The molecule has 2 N–H and O–H groups in total. The van der Waals surface area contributed by atoms with E-state index in [9.17, 15) is 19.2 Å². The minimum Gasteiger partial charge on any atom is -0.325 e. The Morgan fingerprint density at radius 1 is 1.00 bits per heavy atom. The summed E-state index contributed by atoms with van der Waals surface area (Å²) < 4.78 is 0. The van der Waals surface area contributed by atoms with Crippen molar-refractivity contribution in [1.82, 2.24) is 4.90 Å². The van der Waals surface area contributed by atoms with Crippen LogP contribution in [0.1, 0.15) is 35.7 Å². The number of rotatable bonds is 5. The molecule has 4 amide bonds. The number of nitrogens with one attached hydrogen (secondary N) is 2. The van der Waals surface area contributed by atoms with E-state index in [4.69, 9.17) is 11.6 Å². The third-order valence-corrected chi connectivity index (χ3v) is 4.56. The van der Waals surface area contributed by atoms with E-state index in [0.717, 1.165) is 5.56 Å². The lowest BCUT2D eigenvalue weighted by molar-refractivity contribution is -0.139. The summed E-state index contributed by atoms with van der Waals surface area (Å²) in [7, 11) is 0. The van der Waals surface area contributed by atoms with Gasteiger partial charge in [-0.3, -0.25) is 24.1 Å². The molecule has 0 saturated carbocycles. The van der Waals surface area contributed by atoms with Gasteiger partial charge in [0.2, 0.25) is 17.7 Å². The molecular weight excluding hydrogens is 382 g/mol. The van der Waals surface area contributed by atoms with Gasteiger partial charge >= 0.3 is 0 Å². The van der Waals surface area contributed by atoms with E-state index >= 15 is 0 Å². The molecular formula is C20H18ClN3O4. The molecule has 0 aliphatic carbocycles. The van der Waals surface area contributed by atoms with Gasteiger partial charge in [-0.15, -0.1) is 0 Å². The van der Waals surface area contributed by atoms with Crippen molar-refractivity contribution in [2.24, 2.45) is 0 Å². The largest absolute Gasteiger partial charge is 0.325 e. The van der Waals surface area contributed by atoms with Crippen molar-refractivity contribution in [3.8, 4) is 0 Å². The van der Waals surface area contributed by atoms with Crippen LogP contribution < -0.4 is 10.6 Å². The first-order chi connectivity index (χ1) is 13.3. The van der Waals surface area contributed by atoms with Crippen LogP contribution in [0.4, 0.5) is 11.4 Å². The van der Waals surface area contributed by atoms with E-state index in [1.165, 1.54) is 11.8 Å². The van der Waals surface area contributed by atoms with Crippen molar-refractivity contribution in [3.63, 3.8) is 0 Å². The fourth-order valence-corrected chi connectivity index (χ4v) is 3.06. The van der Waals surface area contributed by atoms with Crippen LogP contribution in [0.15, 0.2) is 42.5 Å². The average Bonchev–Trinajstić information content (AvgIpc) is 2.96. The van der Waals surface area contributed by atoms with Crippen LogP contribution in [-0.4, -0.2) is 28.5 Å². The van der Waals surface area contributed by atoms with Gasteiger partial charge in [0.15, 0.2) is 0 Å². The van der Waals surface area contributed by atoms with E-state index in [-0.39, 0.29) is 43.0 Å². The molecule has 144 valence electrons. The predicted molar refractivity (Wildman–Crippen MR) is 105 cm³/mol. The number of hydrogen-bond donors (Lipinski definition) is 2. The van der Waals surface area contributed by atoms with E-state index in [1.54, 1.807) is 42.5 Å². The van der Waals surface area contributed by atoms with Crippen molar-refractivity contribution >= 4 is 46.6 Å². The van der Waals surface area contributed by atoms with Crippen molar-refractivity contribution in [1.29, 1.82) is 0 Å². The van der Waals surface area contributed by atoms with Gasteiger partial charge in [0.1, 0.15) is 0 Å². The van der Waals surface area contributed by atoms with E-state index in [0.29, 0.717) is 22.0 Å². The zero-order valence-corrected chi connectivity index (χ0v) is 15.9. The minimum atomic E-state index is -0.330. The molecule has 1 aliphatic heterocycles. The number of benzene rings is 2. The van der Waals surface area contributed by atoms with Crippen LogP contribution in [0.25, 0.3) is 0 Å². The highest BCUT2D eigenvalue weighted by Crippen LogP contribution is 2.26. The summed E-state index contributed by atoms with van der Waals surface area (Å²) in [6.07, 6.45) is 0.505. The Morgan fingerprint density at radius 3 is 2.21 bits per heavy atom. The summed E-state index contributed by atoms with van der Waals surface area (Å²) in [4.78, 5) is 48.1. The molecule has 0 radical (unpaired) electrons. The Balaban J connectivity index is 1.65. The maximum Gasteiger partial charge on any atom is 0.255 e. The molecule has 7 nitrogen and oxygen atoms in total. The number of imide groups is 1. The maximum atomic E-state index is 12.4. The molecule has 8 heteroatoms. The highest BCUT2D eigenvalue weighted by molar-refractivity contribution is 6.34. The molecule has 0 spiro atoms. The summed E-state index contributed by atoms with van der Waals surface area (Å²) in [5.74, 6) is -0.919. The molecule has 0 unspecified atom stereocenters. The zero-order valence-electron chi connectivity index (χ0n) is 15.1. The lowest BCUT2D eigenvalue weighted by atomic mass is 10.1. The second-order valence-corrected chi connectivity index (χ2v) is 6.81. The van der Waals surface area contributed by atoms with Gasteiger partial charge in [-0.1, -0.05) is 23.7 Å². The third kappa shape index (κ3) is 4.55. The maximum absolute atomic E-state index is 12.4. The van der Waals surface area contributed by atoms with E-state index in [1.807, 2.05) is 0 Å². The lowest BCUT2D eigenvalue weighted by Crippen LogP contribution is -2.28. The van der Waals surface area contributed by atoms with E-state index in [2.05, 4.69) is 10.6 Å². The van der Waals surface area contributed by atoms with Gasteiger partial charge in [0, 0.05) is 31.0 Å². The molecule has 0 atom stereocenters. The van der Waals surface area contributed by atoms with Crippen molar-refractivity contribution in [2.75, 3.05) is 10.6 Å². The molecule has 2 aromatic carbocycles. The van der Waals surface area contributed by atoms with Gasteiger partial charge in [-0.2, -0.15) is 0 Å². The fraction of sp³-hybridized carbons (Fsp3) is 0.200. The molecule has 2 aromatic rings. The SMILES string of the molecule is CC(=O)Nc1ccc(NC(=O)c2ccc(CN3C(=O)CCC3=O)cc2)cc1Cl. The first-order valence-electron chi connectivity index (χ1n) is 8.64. The van der Waals surface area contributed by atoms with Crippen molar-refractivity contribution in [3.05, 3.63) is 58.6 Å². The Labute approximate surface area is 166 Å². The first-order valence-corrected chi connectivity index (χ1v) is 9.02. The van der Waals surface area contributed by atoms with Crippen LogP contribution in [0.3, 0.4) is 0 Å². The number of amides is 4. The molecule has 0 bridgehead atoms. The molecule has 1 fully saturated rings. The Kier molecular flexibility index (Phi) is 5.75. The quantitative estimate of drug-likeness (QED) is 0.754.